The van der Waals surface area contributed by atoms with Crippen LogP contribution in [0.1, 0.15) is 16.1 Å². The number of aryl methyl sites for hydroxylation is 1. The van der Waals surface area contributed by atoms with Crippen molar-refractivity contribution >= 4 is 22.8 Å². The number of para-hydroxylation sites is 1. The third kappa shape index (κ3) is 5.28. The predicted octanol–water partition coefficient (Wildman–Crippen LogP) is 2.90. The van der Waals surface area contributed by atoms with Gasteiger partial charge in [-0.3, -0.25) is 4.79 Å². The molecule has 0 unspecified atom stereocenters. The maximum absolute atomic E-state index is 12.1. The van der Waals surface area contributed by atoms with Crippen LogP contribution >= 0.6 is 0 Å². The largest absolute Gasteiger partial charge is 0.492 e. The van der Waals surface area contributed by atoms with Crippen LogP contribution < -0.4 is 10.1 Å². The first-order chi connectivity index (χ1) is 13.1. The van der Waals surface area contributed by atoms with E-state index in [0.717, 1.165) is 16.7 Å². The highest BCUT2D eigenvalue weighted by molar-refractivity contribution is 5.92. The Hall–Kier alpha value is -3.41. The van der Waals surface area contributed by atoms with E-state index >= 15 is 0 Å². The number of carbonyl (C=O) groups is 2. The smallest absolute Gasteiger partial charge is 0.357 e. The first kappa shape index (κ1) is 18.4. The Labute approximate surface area is 157 Å². The number of benzene rings is 2. The summed E-state index contributed by atoms with van der Waals surface area (Å²) in [6, 6.07) is 18.5. The Kier molecular flexibility index (Phi) is 5.99. The lowest BCUT2D eigenvalue weighted by molar-refractivity contribution is -0.124. The third-order valence-electron chi connectivity index (χ3n) is 3.82. The predicted molar refractivity (Wildman–Crippen MR) is 102 cm³/mol. The standard InChI is InChI=1S/C21H20N2O4/c1-15-5-4-7-17(13-15)26-12-11-22-20(24)14-27-21(25)19-10-9-16-6-2-3-8-18(16)23-19/h2-10,13H,11-12,14H2,1H3,(H,22,24). The molecule has 2 aromatic carbocycles. The van der Waals surface area contributed by atoms with Crippen LogP contribution in [0.5, 0.6) is 5.75 Å². The molecule has 138 valence electrons. The van der Waals surface area contributed by atoms with E-state index in [1.54, 1.807) is 12.1 Å². The molecule has 6 heteroatoms. The number of nitrogens with one attached hydrogen (secondary N) is 1. The molecule has 0 saturated heterocycles. The number of rotatable bonds is 7. The Balaban J connectivity index is 1.41. The SMILES string of the molecule is Cc1cccc(OCCNC(=O)COC(=O)c2ccc3ccccc3n2)c1. The molecule has 27 heavy (non-hydrogen) atoms. The highest BCUT2D eigenvalue weighted by Crippen LogP contribution is 2.13. The van der Waals surface area contributed by atoms with E-state index in [4.69, 9.17) is 9.47 Å². The van der Waals surface area contributed by atoms with Crippen molar-refractivity contribution < 1.29 is 19.1 Å². The number of fused-ring (bicyclic) bond motifs is 1. The van der Waals surface area contributed by atoms with Gasteiger partial charge in [-0.2, -0.15) is 0 Å². The zero-order chi connectivity index (χ0) is 19.1. The molecule has 1 aromatic heterocycles. The quantitative estimate of drug-likeness (QED) is 0.515. The van der Waals surface area contributed by atoms with Crippen LogP contribution in [0.25, 0.3) is 10.9 Å². The van der Waals surface area contributed by atoms with Gasteiger partial charge in [-0.15, -0.1) is 0 Å². The lowest BCUT2D eigenvalue weighted by atomic mass is 10.2. The van der Waals surface area contributed by atoms with Gasteiger partial charge in [0.2, 0.25) is 0 Å². The maximum Gasteiger partial charge on any atom is 0.357 e. The lowest BCUT2D eigenvalue weighted by Gasteiger charge is -2.09. The number of nitrogens with zero attached hydrogens (tertiary/aromatic N) is 1. The second-order valence-corrected chi connectivity index (χ2v) is 5.98. The first-order valence-corrected chi connectivity index (χ1v) is 8.61. The molecule has 1 amide bonds. The van der Waals surface area contributed by atoms with Crippen molar-refractivity contribution in [2.24, 2.45) is 0 Å². The van der Waals surface area contributed by atoms with Gasteiger partial charge >= 0.3 is 5.97 Å². The molecule has 0 atom stereocenters. The van der Waals surface area contributed by atoms with Crippen LogP contribution in [0.3, 0.4) is 0 Å². The topological polar surface area (TPSA) is 77.5 Å². The summed E-state index contributed by atoms with van der Waals surface area (Å²) in [6.45, 7) is 2.26. The summed E-state index contributed by atoms with van der Waals surface area (Å²) in [5, 5.41) is 3.57. The van der Waals surface area contributed by atoms with E-state index in [0.29, 0.717) is 18.7 Å². The van der Waals surface area contributed by atoms with Gasteiger partial charge in [0.05, 0.1) is 12.1 Å². The molecular weight excluding hydrogens is 344 g/mol. The van der Waals surface area contributed by atoms with Gasteiger partial charge in [-0.1, -0.05) is 36.4 Å². The molecule has 0 aliphatic rings. The van der Waals surface area contributed by atoms with Crippen molar-refractivity contribution in [3.05, 3.63) is 71.9 Å². The monoisotopic (exact) mass is 364 g/mol. The zero-order valence-electron chi connectivity index (χ0n) is 15.0. The summed E-state index contributed by atoms with van der Waals surface area (Å²) >= 11 is 0. The van der Waals surface area contributed by atoms with E-state index in [1.807, 2.05) is 55.5 Å². The molecule has 0 aliphatic carbocycles. The van der Waals surface area contributed by atoms with Crippen molar-refractivity contribution in [2.45, 2.75) is 6.92 Å². The van der Waals surface area contributed by atoms with E-state index < -0.39 is 11.9 Å². The minimum atomic E-state index is -0.632. The van der Waals surface area contributed by atoms with Crippen LogP contribution in [0.2, 0.25) is 0 Å². The van der Waals surface area contributed by atoms with Crippen molar-refractivity contribution in [1.82, 2.24) is 10.3 Å². The third-order valence-corrected chi connectivity index (χ3v) is 3.82. The van der Waals surface area contributed by atoms with E-state index in [2.05, 4.69) is 10.3 Å². The summed E-state index contributed by atoms with van der Waals surface area (Å²) in [5.41, 5.74) is 1.97. The van der Waals surface area contributed by atoms with Gasteiger partial charge in [-0.25, -0.2) is 9.78 Å². The minimum Gasteiger partial charge on any atom is -0.492 e. The minimum absolute atomic E-state index is 0.171. The highest BCUT2D eigenvalue weighted by atomic mass is 16.5. The molecular formula is C21H20N2O4. The Morgan fingerprint density at radius 1 is 1.04 bits per heavy atom. The number of pyridine rings is 1. The first-order valence-electron chi connectivity index (χ1n) is 8.61. The average molecular weight is 364 g/mol. The summed E-state index contributed by atoms with van der Waals surface area (Å²) in [5.74, 6) is -0.276. The second kappa shape index (κ2) is 8.80. The Morgan fingerprint density at radius 3 is 2.74 bits per heavy atom. The number of carbonyl (C=O) groups excluding carboxylic acids is 2. The van der Waals surface area contributed by atoms with Gasteiger partial charge in [0.1, 0.15) is 18.1 Å². The number of hydrogen-bond donors (Lipinski definition) is 1. The molecule has 0 fully saturated rings. The summed E-state index contributed by atoms with van der Waals surface area (Å²) in [7, 11) is 0. The van der Waals surface area contributed by atoms with E-state index in [1.165, 1.54) is 0 Å². The Morgan fingerprint density at radius 2 is 1.89 bits per heavy atom. The molecule has 3 aromatic rings. The van der Waals surface area contributed by atoms with Gasteiger partial charge < -0.3 is 14.8 Å². The molecule has 0 bridgehead atoms. The number of amides is 1. The summed E-state index contributed by atoms with van der Waals surface area (Å²) in [4.78, 5) is 28.1. The number of hydrogen-bond acceptors (Lipinski definition) is 5. The summed E-state index contributed by atoms with van der Waals surface area (Å²) < 4.78 is 10.6. The highest BCUT2D eigenvalue weighted by Gasteiger charge is 2.12. The fraction of sp³-hybridized carbons (Fsp3) is 0.190. The van der Waals surface area contributed by atoms with Crippen LogP contribution in [0.15, 0.2) is 60.7 Å². The zero-order valence-corrected chi connectivity index (χ0v) is 15.0. The molecule has 0 spiro atoms. The van der Waals surface area contributed by atoms with Gasteiger partial charge in [0.15, 0.2) is 6.61 Å². The number of esters is 1. The number of ether oxygens (including phenoxy) is 2. The van der Waals surface area contributed by atoms with Crippen molar-refractivity contribution in [3.63, 3.8) is 0 Å². The van der Waals surface area contributed by atoms with Crippen molar-refractivity contribution in [1.29, 1.82) is 0 Å². The molecule has 6 nitrogen and oxygen atoms in total. The van der Waals surface area contributed by atoms with Crippen LogP contribution in [0.4, 0.5) is 0 Å². The van der Waals surface area contributed by atoms with Crippen LogP contribution in [-0.2, 0) is 9.53 Å². The average Bonchev–Trinajstić information content (AvgIpc) is 2.69. The molecule has 3 rings (SSSR count). The molecule has 0 aliphatic heterocycles. The molecule has 0 radical (unpaired) electrons. The van der Waals surface area contributed by atoms with Crippen LogP contribution in [0, 0.1) is 6.92 Å². The van der Waals surface area contributed by atoms with Gasteiger partial charge in [0, 0.05) is 5.39 Å². The molecule has 1 heterocycles. The summed E-state index contributed by atoms with van der Waals surface area (Å²) in [6.07, 6.45) is 0. The Bertz CT molecular complexity index is 956. The fourth-order valence-electron chi connectivity index (χ4n) is 2.50. The van der Waals surface area contributed by atoms with Crippen molar-refractivity contribution in [2.75, 3.05) is 19.8 Å². The van der Waals surface area contributed by atoms with Gasteiger partial charge in [0.25, 0.3) is 5.91 Å². The second-order valence-electron chi connectivity index (χ2n) is 5.98. The van der Waals surface area contributed by atoms with Crippen LogP contribution in [-0.4, -0.2) is 36.6 Å². The van der Waals surface area contributed by atoms with E-state index in [-0.39, 0.29) is 12.3 Å². The fourth-order valence-corrected chi connectivity index (χ4v) is 2.50. The lowest BCUT2D eigenvalue weighted by Crippen LogP contribution is -2.32. The molecule has 1 N–H and O–H groups in total. The van der Waals surface area contributed by atoms with Gasteiger partial charge in [-0.05, 0) is 36.8 Å². The maximum atomic E-state index is 12.1. The number of aromatic nitrogens is 1. The molecule has 0 saturated carbocycles. The van der Waals surface area contributed by atoms with Crippen molar-refractivity contribution in [3.8, 4) is 5.75 Å². The normalized spacial score (nSPS) is 10.4. The van der Waals surface area contributed by atoms with E-state index in [9.17, 15) is 9.59 Å².